The van der Waals surface area contributed by atoms with Crippen LogP contribution in [0.2, 0.25) is 0 Å². The molecule has 11 rings (SSSR count). The second-order valence-corrected chi connectivity index (χ2v) is 20.3. The van der Waals surface area contributed by atoms with Crippen LogP contribution in [0.3, 0.4) is 0 Å². The van der Waals surface area contributed by atoms with E-state index in [1.807, 2.05) is 43.9 Å². The van der Waals surface area contributed by atoms with Gasteiger partial charge in [-0.3, -0.25) is 0 Å². The van der Waals surface area contributed by atoms with E-state index in [9.17, 15) is 49.5 Å². The average Bonchev–Trinajstić information content (AvgIpc) is 1.57. The van der Waals surface area contributed by atoms with E-state index in [0.29, 0.717) is 34.2 Å². The Morgan fingerprint density at radius 2 is 0.900 bits per heavy atom. The zero-order chi connectivity index (χ0) is 66.0. The highest BCUT2D eigenvalue weighted by Gasteiger charge is 2.45. The number of esters is 3. The van der Waals surface area contributed by atoms with E-state index in [4.69, 9.17) is 18.9 Å². The van der Waals surface area contributed by atoms with Gasteiger partial charge in [-0.1, -0.05) is 70.4 Å². The molecule has 0 saturated carbocycles. The largest absolute Gasteiger partial charge is 0.586 e. The summed E-state index contributed by atoms with van der Waals surface area (Å²) in [6.45, 7) is 12.9. The number of hydrogen-bond acceptors (Lipinski definition) is 23. The van der Waals surface area contributed by atoms with Gasteiger partial charge in [-0.15, -0.1) is 17.6 Å². The van der Waals surface area contributed by atoms with Crippen LogP contribution in [-0.2, 0) is 40.2 Å². The van der Waals surface area contributed by atoms with E-state index in [2.05, 4.69) is 89.3 Å². The SMILES string of the molecule is CC.CC.COC(=O)C(Nc1cc(C(C)(F)P)nc2ncnn12)c1ccc2c(c1)OC(F)(F)O2.COC(=O)C(Nc1cc(C(F)(F)F)nc2ncnn12)c1ccc(OC(C)P)cc1.COC(=O)C(Nc1cc(C)nc2ncnn12)c1ccc2c(c1)OC(F)(F)O2. The first-order valence-electron chi connectivity index (χ1n) is 26.6. The molecule has 3 N–H and O–H groups in total. The number of halogens is 8. The molecule has 0 saturated heterocycles. The van der Waals surface area contributed by atoms with Crippen LogP contribution in [0.4, 0.5) is 52.6 Å². The average molecular weight is 1310 g/mol. The topological polar surface area (TPSA) is 290 Å². The molecular weight excluding hydrogens is 1250 g/mol. The van der Waals surface area contributed by atoms with Crippen molar-refractivity contribution in [3.8, 4) is 28.7 Å². The highest BCUT2D eigenvalue weighted by atomic mass is 31.0. The van der Waals surface area contributed by atoms with Gasteiger partial charge in [0.1, 0.15) is 48.0 Å². The third kappa shape index (κ3) is 16.2. The number of alkyl halides is 8. The number of nitrogens with zero attached hydrogens (tertiary/aromatic N) is 12. The maximum Gasteiger partial charge on any atom is 0.586 e. The second-order valence-electron chi connectivity index (χ2n) is 18.3. The van der Waals surface area contributed by atoms with Crippen molar-refractivity contribution < 1.29 is 87.4 Å². The Bertz CT molecular complexity index is 3990. The Balaban J connectivity index is 0.000000187. The summed E-state index contributed by atoms with van der Waals surface area (Å²) in [6, 6.07) is 14.9. The van der Waals surface area contributed by atoms with Crippen molar-refractivity contribution in [3.05, 3.63) is 132 Å². The smallest absolute Gasteiger partial charge is 0.487 e. The number of methoxy groups -OCH3 is 3. The van der Waals surface area contributed by atoms with Gasteiger partial charge < -0.3 is 53.8 Å². The van der Waals surface area contributed by atoms with Crippen molar-refractivity contribution in [1.82, 2.24) is 58.7 Å². The van der Waals surface area contributed by atoms with Crippen LogP contribution >= 0.6 is 18.5 Å². The summed E-state index contributed by atoms with van der Waals surface area (Å²) >= 11 is 0. The van der Waals surface area contributed by atoms with Gasteiger partial charge in [-0.05, 0) is 73.9 Å². The molecule has 90 heavy (non-hydrogen) atoms. The first-order chi connectivity index (χ1) is 42.6. The minimum absolute atomic E-state index is 0.0180. The number of benzene rings is 3. The fourth-order valence-electron chi connectivity index (χ4n) is 8.14. The summed E-state index contributed by atoms with van der Waals surface area (Å²) in [7, 11) is 8.08. The summed E-state index contributed by atoms with van der Waals surface area (Å²) in [4.78, 5) is 60.5. The highest BCUT2D eigenvalue weighted by Crippen LogP contribution is 2.44. The lowest BCUT2D eigenvalue weighted by Crippen LogP contribution is -2.26. The zero-order valence-electron chi connectivity index (χ0n) is 49.1. The van der Waals surface area contributed by atoms with Gasteiger partial charge in [0.25, 0.3) is 17.3 Å². The minimum Gasteiger partial charge on any atom is -0.487 e. The Morgan fingerprint density at radius 3 is 1.29 bits per heavy atom. The lowest BCUT2D eigenvalue weighted by Gasteiger charge is -2.20. The Kier molecular flexibility index (Phi) is 21.3. The number of aromatic nitrogens is 12. The number of aryl methyl sites for hydroxylation is 1. The van der Waals surface area contributed by atoms with E-state index in [1.165, 1.54) is 92.4 Å². The molecule has 9 aromatic rings. The predicted molar refractivity (Wildman–Crippen MR) is 310 cm³/mol. The van der Waals surface area contributed by atoms with E-state index in [-0.39, 0.29) is 63.3 Å². The van der Waals surface area contributed by atoms with Crippen molar-refractivity contribution in [2.24, 2.45) is 0 Å². The fraction of sp³-hybridized carbons (Fsp3) is 0.333. The normalized spacial score (nSPS) is 15.0. The van der Waals surface area contributed by atoms with Crippen LogP contribution in [0, 0.1) is 6.92 Å². The molecule has 0 amide bonds. The molecular formula is C54H57F8N15O11P2. The number of carbonyl (C=O) groups is 3. The monoisotopic (exact) mass is 1310 g/mol. The van der Waals surface area contributed by atoms with Crippen molar-refractivity contribution in [3.63, 3.8) is 0 Å². The summed E-state index contributed by atoms with van der Waals surface area (Å²) < 4.78 is 149. The predicted octanol–water partition coefficient (Wildman–Crippen LogP) is 9.99. The van der Waals surface area contributed by atoms with Crippen LogP contribution < -0.4 is 39.6 Å². The molecule has 480 valence electrons. The second kappa shape index (κ2) is 28.3. The summed E-state index contributed by atoms with van der Waals surface area (Å²) in [5.41, 5.74) is 0.532. The van der Waals surface area contributed by atoms with E-state index >= 15 is 0 Å². The molecule has 0 spiro atoms. The maximum atomic E-state index is 14.5. The first-order valence-corrected chi connectivity index (χ1v) is 27.9. The summed E-state index contributed by atoms with van der Waals surface area (Å²) in [5.74, 6) is -1.66. The van der Waals surface area contributed by atoms with Crippen molar-refractivity contribution in [1.29, 1.82) is 0 Å². The molecule has 8 heterocycles. The Morgan fingerprint density at radius 1 is 0.544 bits per heavy atom. The Labute approximate surface area is 510 Å². The zero-order valence-corrected chi connectivity index (χ0v) is 51.4. The number of carbonyl (C=O) groups excluding carboxylic acids is 3. The number of rotatable bonds is 15. The number of hydrogen-bond donors (Lipinski definition) is 3. The van der Waals surface area contributed by atoms with Crippen molar-refractivity contribution in [2.75, 3.05) is 37.3 Å². The first kappa shape index (κ1) is 67.9. The molecule has 0 fully saturated rings. The number of fused-ring (bicyclic) bond motifs is 5. The van der Waals surface area contributed by atoms with Gasteiger partial charge >= 0.3 is 36.7 Å². The molecule has 0 aliphatic carbocycles. The van der Waals surface area contributed by atoms with Crippen molar-refractivity contribution in [2.45, 2.75) is 96.6 Å². The lowest BCUT2D eigenvalue weighted by molar-refractivity contribution is -0.287. The van der Waals surface area contributed by atoms with E-state index < -0.39 is 65.9 Å². The molecule has 36 heteroatoms. The number of ether oxygens (including phenoxy) is 8. The van der Waals surface area contributed by atoms with Crippen LogP contribution in [0.1, 0.15) is 93.4 Å². The number of nitrogens with one attached hydrogen (secondary N) is 3. The molecule has 6 aromatic heterocycles. The van der Waals surface area contributed by atoms with Crippen LogP contribution in [0.5, 0.6) is 28.7 Å². The molecule has 0 bridgehead atoms. The van der Waals surface area contributed by atoms with Gasteiger partial charge in [0, 0.05) is 23.9 Å². The molecule has 7 unspecified atom stereocenters. The molecule has 3 aromatic carbocycles. The third-order valence-corrected chi connectivity index (χ3v) is 12.3. The molecule has 26 nitrogen and oxygen atoms in total. The Hall–Kier alpha value is -9.58. The number of anilines is 3. The molecule has 2 aliphatic heterocycles. The van der Waals surface area contributed by atoms with Gasteiger partial charge in [-0.2, -0.15) is 57.0 Å². The lowest BCUT2D eigenvalue weighted by atomic mass is 10.1. The molecule has 0 radical (unpaired) electrons. The van der Waals surface area contributed by atoms with Gasteiger partial charge in [0.2, 0.25) is 0 Å². The van der Waals surface area contributed by atoms with Gasteiger partial charge in [0.15, 0.2) is 52.2 Å². The van der Waals surface area contributed by atoms with E-state index in [1.54, 1.807) is 37.3 Å². The maximum absolute atomic E-state index is 14.5. The van der Waals surface area contributed by atoms with Crippen LogP contribution in [0.15, 0.2) is 97.8 Å². The summed E-state index contributed by atoms with van der Waals surface area (Å²) in [5, 5.41) is 18.7. The fourth-order valence-corrected chi connectivity index (χ4v) is 8.44. The van der Waals surface area contributed by atoms with Crippen LogP contribution in [-0.4, -0.2) is 116 Å². The van der Waals surface area contributed by atoms with Crippen molar-refractivity contribution >= 4 is 71.2 Å². The molecule has 7 atom stereocenters. The summed E-state index contributed by atoms with van der Waals surface area (Å²) in [6.07, 6.45) is -8.64. The van der Waals surface area contributed by atoms with Crippen LogP contribution in [0.25, 0.3) is 17.3 Å². The van der Waals surface area contributed by atoms with Gasteiger partial charge in [-0.25, -0.2) is 33.7 Å². The highest BCUT2D eigenvalue weighted by molar-refractivity contribution is 7.18. The molecule has 2 aliphatic rings. The standard InChI is InChI=1S/C17H15F3N5O4P.C17H17F3N5O3P.C16H13F2N5O4.2C2H6/c1-16(18,30)11-6-12(25-15(23-11)21-7-22-25)24-13(14(26)27-2)8-3-4-9-10(5-8)29-17(19,20)28-9;1-9(29)28-11-5-3-10(4-6-11)14(15(26)27-2)24-13-7-12(17(18,19)20)23-16-21-8-22-25(13)16;1-8-5-12(23-15(21-8)19-7-20-23)22-13(14(24)25-2)9-3-4-10-11(6-9)27-16(17,18)26-10;2*1-2/h3-7,13,24H,30H2,1-2H3;3-9,14,24H,29H2,1-2H3;3-7,13,22H,1-2H3;2*1-2H3. The third-order valence-electron chi connectivity index (χ3n) is 11.9. The van der Waals surface area contributed by atoms with Gasteiger partial charge in [0.05, 0.1) is 27.0 Å². The quantitative estimate of drug-likeness (QED) is 0.0372. The van der Waals surface area contributed by atoms with E-state index in [0.717, 1.165) is 16.9 Å². The minimum atomic E-state index is -4.70.